The second kappa shape index (κ2) is 12.0. The van der Waals surface area contributed by atoms with Gasteiger partial charge in [0.2, 0.25) is 0 Å². The number of hydrogen-bond acceptors (Lipinski definition) is 7. The maximum atomic E-state index is 13.3. The molecule has 34 heavy (non-hydrogen) atoms. The number of nitrogens with one attached hydrogen (secondary N) is 1. The van der Waals surface area contributed by atoms with Crippen molar-refractivity contribution in [3.63, 3.8) is 0 Å². The number of carbonyl (C=O) groups is 1. The van der Waals surface area contributed by atoms with Crippen LogP contribution in [0, 0.1) is 0 Å². The number of amides is 1. The molecule has 0 aliphatic carbocycles. The van der Waals surface area contributed by atoms with E-state index < -0.39 is 15.9 Å². The smallest absolute Gasteiger partial charge is 0.267 e. The van der Waals surface area contributed by atoms with Gasteiger partial charge in [0.25, 0.3) is 15.9 Å². The Morgan fingerprint density at radius 1 is 1.09 bits per heavy atom. The standard InChI is InChI=1S/C24H28N2O6S2/c1-4-32-21-10-8-20(9-11-21)26(2)34(28,29)22-12-15-33-23(22)24(27)25-19-7-5-6-18(16-19)17-31-14-13-30-3/h5-12,15-16H,4,13-14,17H2,1-3H3,(H,25,27). The first-order chi connectivity index (χ1) is 16.4. The average Bonchev–Trinajstić information content (AvgIpc) is 3.34. The molecule has 0 atom stereocenters. The first-order valence-electron chi connectivity index (χ1n) is 10.6. The van der Waals surface area contributed by atoms with Crippen molar-refractivity contribution in [3.05, 3.63) is 70.4 Å². The van der Waals surface area contributed by atoms with Crippen molar-refractivity contribution in [2.24, 2.45) is 0 Å². The molecule has 0 aliphatic heterocycles. The SMILES string of the molecule is CCOc1ccc(N(C)S(=O)(=O)c2ccsc2C(=O)Nc2cccc(COCCOC)c2)cc1. The van der Waals surface area contributed by atoms with Crippen LogP contribution in [0.25, 0.3) is 0 Å². The Bertz CT molecular complexity index is 1190. The lowest BCUT2D eigenvalue weighted by Gasteiger charge is -2.20. The summed E-state index contributed by atoms with van der Waals surface area (Å²) in [5.74, 6) is 0.157. The molecule has 0 fully saturated rings. The van der Waals surface area contributed by atoms with Gasteiger partial charge < -0.3 is 19.5 Å². The van der Waals surface area contributed by atoms with E-state index in [9.17, 15) is 13.2 Å². The molecule has 0 unspecified atom stereocenters. The third kappa shape index (κ3) is 6.35. The van der Waals surface area contributed by atoms with Crippen molar-refractivity contribution >= 4 is 38.6 Å². The van der Waals surface area contributed by atoms with Crippen LogP contribution in [0.15, 0.2) is 64.9 Å². The monoisotopic (exact) mass is 504 g/mol. The summed E-state index contributed by atoms with van der Waals surface area (Å²) < 4.78 is 43.6. The van der Waals surface area contributed by atoms with E-state index >= 15 is 0 Å². The van der Waals surface area contributed by atoms with Crippen LogP contribution in [0.4, 0.5) is 11.4 Å². The minimum Gasteiger partial charge on any atom is -0.494 e. The van der Waals surface area contributed by atoms with Crippen LogP contribution < -0.4 is 14.4 Å². The van der Waals surface area contributed by atoms with Crippen LogP contribution in [0.5, 0.6) is 5.75 Å². The molecule has 3 rings (SSSR count). The number of benzene rings is 2. The van der Waals surface area contributed by atoms with Crippen molar-refractivity contribution in [2.75, 3.05) is 43.6 Å². The number of nitrogens with zero attached hydrogens (tertiary/aromatic N) is 1. The highest BCUT2D eigenvalue weighted by Gasteiger charge is 2.28. The second-order valence-corrected chi connectivity index (χ2v) is 10.1. The van der Waals surface area contributed by atoms with Crippen LogP contribution >= 0.6 is 11.3 Å². The van der Waals surface area contributed by atoms with Gasteiger partial charge in [-0.1, -0.05) is 12.1 Å². The fourth-order valence-corrected chi connectivity index (χ4v) is 5.62. The van der Waals surface area contributed by atoms with E-state index in [4.69, 9.17) is 14.2 Å². The van der Waals surface area contributed by atoms with Crippen LogP contribution in [0.2, 0.25) is 0 Å². The number of ether oxygens (including phenoxy) is 3. The van der Waals surface area contributed by atoms with Gasteiger partial charge in [0, 0.05) is 19.8 Å². The van der Waals surface area contributed by atoms with Gasteiger partial charge in [-0.2, -0.15) is 0 Å². The molecule has 1 aromatic heterocycles. The van der Waals surface area contributed by atoms with E-state index in [0.29, 0.717) is 43.6 Å². The van der Waals surface area contributed by atoms with Crippen LogP contribution in [-0.2, 0) is 26.1 Å². The number of rotatable bonds is 12. The summed E-state index contributed by atoms with van der Waals surface area (Å²) in [4.78, 5) is 13.0. The Labute approximate surface area is 204 Å². The molecule has 10 heteroatoms. The Morgan fingerprint density at radius 2 is 1.85 bits per heavy atom. The number of anilines is 2. The third-order valence-electron chi connectivity index (χ3n) is 4.87. The quantitative estimate of drug-likeness (QED) is 0.368. The molecule has 2 aromatic carbocycles. The first-order valence-corrected chi connectivity index (χ1v) is 12.9. The average molecular weight is 505 g/mol. The molecule has 0 saturated carbocycles. The molecule has 0 saturated heterocycles. The number of hydrogen-bond donors (Lipinski definition) is 1. The Morgan fingerprint density at radius 3 is 2.56 bits per heavy atom. The summed E-state index contributed by atoms with van der Waals surface area (Å²) in [5.41, 5.74) is 1.89. The number of thiophene rings is 1. The molecule has 0 aliphatic rings. The molecule has 1 heterocycles. The van der Waals surface area contributed by atoms with Gasteiger partial charge in [0.15, 0.2) is 0 Å². The maximum absolute atomic E-state index is 13.3. The summed E-state index contributed by atoms with van der Waals surface area (Å²) in [7, 11) is -0.896. The van der Waals surface area contributed by atoms with Gasteiger partial charge in [-0.3, -0.25) is 9.10 Å². The maximum Gasteiger partial charge on any atom is 0.267 e. The molecule has 1 N–H and O–H groups in total. The number of methoxy groups -OCH3 is 1. The molecule has 0 radical (unpaired) electrons. The zero-order valence-electron chi connectivity index (χ0n) is 19.3. The molecule has 0 spiro atoms. The highest BCUT2D eigenvalue weighted by atomic mass is 32.2. The predicted octanol–water partition coefficient (Wildman–Crippen LogP) is 4.39. The Balaban J connectivity index is 1.74. The lowest BCUT2D eigenvalue weighted by Crippen LogP contribution is -2.28. The van der Waals surface area contributed by atoms with E-state index in [0.717, 1.165) is 21.2 Å². The zero-order valence-corrected chi connectivity index (χ0v) is 20.9. The van der Waals surface area contributed by atoms with E-state index in [1.165, 1.54) is 13.1 Å². The summed E-state index contributed by atoms with van der Waals surface area (Å²) in [5, 5.41) is 4.38. The van der Waals surface area contributed by atoms with Crippen molar-refractivity contribution < 1.29 is 27.4 Å². The second-order valence-electron chi connectivity index (χ2n) is 7.21. The fraction of sp³-hybridized carbons (Fsp3) is 0.292. The van der Waals surface area contributed by atoms with Crippen LogP contribution in [0.1, 0.15) is 22.2 Å². The summed E-state index contributed by atoms with van der Waals surface area (Å²) >= 11 is 1.07. The molecule has 8 nitrogen and oxygen atoms in total. The third-order valence-corrected chi connectivity index (χ3v) is 7.74. The van der Waals surface area contributed by atoms with Gasteiger partial charge in [-0.15, -0.1) is 11.3 Å². The summed E-state index contributed by atoms with van der Waals surface area (Å²) in [6.45, 7) is 3.73. The fourth-order valence-electron chi connectivity index (χ4n) is 3.13. The van der Waals surface area contributed by atoms with Crippen molar-refractivity contribution in [1.29, 1.82) is 0 Å². The molecule has 182 valence electrons. The Hall–Kier alpha value is -2.92. The summed E-state index contributed by atoms with van der Waals surface area (Å²) in [6, 6.07) is 15.4. The lowest BCUT2D eigenvalue weighted by atomic mass is 10.2. The van der Waals surface area contributed by atoms with Gasteiger partial charge in [-0.25, -0.2) is 8.42 Å². The normalized spacial score (nSPS) is 11.3. The van der Waals surface area contributed by atoms with E-state index in [1.807, 2.05) is 13.0 Å². The van der Waals surface area contributed by atoms with E-state index in [1.54, 1.807) is 55.0 Å². The zero-order chi connectivity index (χ0) is 24.6. The van der Waals surface area contributed by atoms with Crippen LogP contribution in [0.3, 0.4) is 0 Å². The van der Waals surface area contributed by atoms with Crippen molar-refractivity contribution in [2.45, 2.75) is 18.4 Å². The highest BCUT2D eigenvalue weighted by Crippen LogP contribution is 2.29. The largest absolute Gasteiger partial charge is 0.494 e. The van der Waals surface area contributed by atoms with Crippen LogP contribution in [-0.4, -0.2) is 48.3 Å². The van der Waals surface area contributed by atoms with Gasteiger partial charge >= 0.3 is 0 Å². The van der Waals surface area contributed by atoms with Gasteiger partial charge in [0.05, 0.1) is 32.1 Å². The summed E-state index contributed by atoms with van der Waals surface area (Å²) in [6.07, 6.45) is 0. The molecule has 3 aromatic rings. The number of carbonyl (C=O) groups excluding carboxylic acids is 1. The van der Waals surface area contributed by atoms with Gasteiger partial charge in [0.1, 0.15) is 15.5 Å². The molecule has 1 amide bonds. The molecular formula is C24H28N2O6S2. The lowest BCUT2D eigenvalue weighted by molar-refractivity contribution is 0.0617. The van der Waals surface area contributed by atoms with Gasteiger partial charge in [-0.05, 0) is 60.3 Å². The minimum atomic E-state index is -3.96. The molecular weight excluding hydrogens is 476 g/mol. The number of sulfonamides is 1. The Kier molecular flexibility index (Phi) is 9.05. The minimum absolute atomic E-state index is 0.0505. The van der Waals surface area contributed by atoms with Crippen molar-refractivity contribution in [3.8, 4) is 5.75 Å². The topological polar surface area (TPSA) is 94.2 Å². The molecule has 0 bridgehead atoms. The van der Waals surface area contributed by atoms with Crippen molar-refractivity contribution in [1.82, 2.24) is 0 Å². The predicted molar refractivity (Wildman–Crippen MR) is 133 cm³/mol. The first kappa shape index (κ1) is 25.7. The van der Waals surface area contributed by atoms with E-state index in [-0.39, 0.29) is 9.77 Å². The highest BCUT2D eigenvalue weighted by molar-refractivity contribution is 7.93. The van der Waals surface area contributed by atoms with E-state index in [2.05, 4.69) is 5.32 Å².